The van der Waals surface area contributed by atoms with Gasteiger partial charge in [0.1, 0.15) is 0 Å². The second-order valence-electron chi connectivity index (χ2n) is 4.74. The minimum atomic E-state index is 0.654. The largest absolute Gasteiger partial charge is 0.0630 e. The van der Waals surface area contributed by atoms with Gasteiger partial charge < -0.3 is 0 Å². The molecule has 0 spiro atoms. The Morgan fingerprint density at radius 3 is 1.57 bits per heavy atom. The van der Waals surface area contributed by atoms with Crippen LogP contribution in [0.1, 0.15) is 51.7 Å². The van der Waals surface area contributed by atoms with E-state index in [2.05, 4.69) is 65.8 Å². The molecular weight excluding hydrogens is 168 g/mol. The summed E-state index contributed by atoms with van der Waals surface area (Å²) in [4.78, 5) is 0. The summed E-state index contributed by atoms with van der Waals surface area (Å²) in [6.07, 6.45) is 0. The molecule has 1 rings (SSSR count). The van der Waals surface area contributed by atoms with Gasteiger partial charge in [0.15, 0.2) is 0 Å². The van der Waals surface area contributed by atoms with Crippen LogP contribution < -0.4 is 0 Å². The fourth-order valence-corrected chi connectivity index (χ4v) is 1.23. The maximum atomic E-state index is 2.22. The van der Waals surface area contributed by atoms with Crippen molar-refractivity contribution < 1.29 is 0 Å². The first kappa shape index (κ1) is 13.2. The summed E-state index contributed by atoms with van der Waals surface area (Å²) in [5, 5.41) is 0. The first-order valence-corrected chi connectivity index (χ1v) is 5.50. The van der Waals surface area contributed by atoms with Gasteiger partial charge in [-0.1, -0.05) is 58.9 Å². The Hall–Kier alpha value is -0.780. The van der Waals surface area contributed by atoms with E-state index in [-0.39, 0.29) is 0 Å². The van der Waals surface area contributed by atoms with Crippen LogP contribution in [0.5, 0.6) is 0 Å². The van der Waals surface area contributed by atoms with E-state index in [9.17, 15) is 0 Å². The third-order valence-electron chi connectivity index (χ3n) is 1.81. The smallest absolute Gasteiger partial charge is 0.0216 e. The van der Waals surface area contributed by atoms with E-state index in [0.717, 1.165) is 5.92 Å². The predicted octanol–water partition coefficient (Wildman–Crippen LogP) is 4.78. The van der Waals surface area contributed by atoms with Crippen molar-refractivity contribution in [2.45, 2.75) is 47.5 Å². The first-order chi connectivity index (χ1) is 6.45. The van der Waals surface area contributed by atoms with Crippen LogP contribution in [0.4, 0.5) is 0 Å². The molecule has 0 unspecified atom stereocenters. The lowest BCUT2D eigenvalue weighted by molar-refractivity contribution is 0.737. The zero-order valence-corrected chi connectivity index (χ0v) is 10.5. The third kappa shape index (κ3) is 5.80. The number of aryl methyl sites for hydroxylation is 1. The summed E-state index contributed by atoms with van der Waals surface area (Å²) in [7, 11) is 0. The van der Waals surface area contributed by atoms with Crippen LogP contribution in [0.3, 0.4) is 0 Å². The molecular formula is C14H24. The highest BCUT2D eigenvalue weighted by molar-refractivity contribution is 5.27. The van der Waals surface area contributed by atoms with Gasteiger partial charge in [-0.2, -0.15) is 0 Å². The molecule has 0 bridgehead atoms. The monoisotopic (exact) mass is 192 g/mol. The molecule has 0 aromatic heterocycles. The van der Waals surface area contributed by atoms with Gasteiger partial charge in [0, 0.05) is 0 Å². The van der Waals surface area contributed by atoms with E-state index in [1.807, 2.05) is 0 Å². The summed E-state index contributed by atoms with van der Waals surface area (Å²) in [6, 6.07) is 8.54. The summed E-state index contributed by atoms with van der Waals surface area (Å²) in [5.41, 5.74) is 2.86. The van der Waals surface area contributed by atoms with Crippen LogP contribution in [-0.2, 0) is 0 Å². The molecule has 1 aromatic rings. The van der Waals surface area contributed by atoms with Gasteiger partial charge in [0.25, 0.3) is 0 Å². The Kier molecular flexibility index (Phi) is 6.27. The molecule has 0 fully saturated rings. The molecule has 1 aromatic carbocycles. The van der Waals surface area contributed by atoms with Crippen molar-refractivity contribution in [2.75, 3.05) is 0 Å². The Morgan fingerprint density at radius 2 is 1.29 bits per heavy atom. The maximum Gasteiger partial charge on any atom is -0.0216 e. The van der Waals surface area contributed by atoms with Crippen LogP contribution in [0.25, 0.3) is 0 Å². The standard InChI is InChI=1S/C10H14.C4H10/c1-8(2)10-7-5-4-6-9(10)3;1-4(2)3/h4-8H,1-3H3;4H,1-3H3. The zero-order valence-electron chi connectivity index (χ0n) is 10.5. The third-order valence-corrected chi connectivity index (χ3v) is 1.81. The van der Waals surface area contributed by atoms with Gasteiger partial charge in [0.2, 0.25) is 0 Å². The van der Waals surface area contributed by atoms with Crippen LogP contribution in [0.2, 0.25) is 0 Å². The average Bonchev–Trinajstić information content (AvgIpc) is 2.03. The lowest BCUT2D eigenvalue weighted by Gasteiger charge is -2.07. The quantitative estimate of drug-likeness (QED) is 0.600. The predicted molar refractivity (Wildman–Crippen MR) is 65.8 cm³/mol. The molecule has 0 aliphatic heterocycles. The van der Waals surface area contributed by atoms with Crippen LogP contribution >= 0.6 is 0 Å². The molecule has 0 aliphatic rings. The average molecular weight is 192 g/mol. The summed E-state index contributed by atoms with van der Waals surface area (Å²) < 4.78 is 0. The molecule has 80 valence electrons. The number of hydrogen-bond donors (Lipinski definition) is 0. The Morgan fingerprint density at radius 1 is 0.857 bits per heavy atom. The Bertz CT molecular complexity index is 243. The minimum absolute atomic E-state index is 0.654. The fraction of sp³-hybridized carbons (Fsp3) is 0.571. The van der Waals surface area contributed by atoms with Gasteiger partial charge in [-0.05, 0) is 29.9 Å². The van der Waals surface area contributed by atoms with Gasteiger partial charge in [-0.15, -0.1) is 0 Å². The van der Waals surface area contributed by atoms with E-state index >= 15 is 0 Å². The molecule has 0 saturated carbocycles. The van der Waals surface area contributed by atoms with Crippen LogP contribution in [0, 0.1) is 12.8 Å². The van der Waals surface area contributed by atoms with Crippen molar-refractivity contribution in [3.05, 3.63) is 35.4 Å². The van der Waals surface area contributed by atoms with Gasteiger partial charge in [-0.3, -0.25) is 0 Å². The molecule has 0 heteroatoms. The highest BCUT2D eigenvalue weighted by Gasteiger charge is 1.99. The molecule has 0 heterocycles. The van der Waals surface area contributed by atoms with Crippen molar-refractivity contribution >= 4 is 0 Å². The van der Waals surface area contributed by atoms with E-state index in [1.54, 1.807) is 0 Å². The number of hydrogen-bond acceptors (Lipinski definition) is 0. The van der Waals surface area contributed by atoms with Gasteiger partial charge in [-0.25, -0.2) is 0 Å². The Balaban J connectivity index is 0.000000364. The molecule has 0 aliphatic carbocycles. The van der Waals surface area contributed by atoms with E-state index in [4.69, 9.17) is 0 Å². The lowest BCUT2D eigenvalue weighted by Crippen LogP contribution is -1.89. The van der Waals surface area contributed by atoms with Crippen LogP contribution in [-0.4, -0.2) is 0 Å². The molecule has 0 atom stereocenters. The van der Waals surface area contributed by atoms with Crippen molar-refractivity contribution in [3.63, 3.8) is 0 Å². The van der Waals surface area contributed by atoms with E-state index < -0.39 is 0 Å². The number of benzene rings is 1. The fourth-order valence-electron chi connectivity index (χ4n) is 1.23. The normalized spacial score (nSPS) is 10.0. The van der Waals surface area contributed by atoms with Crippen molar-refractivity contribution in [1.29, 1.82) is 0 Å². The molecule has 0 amide bonds. The van der Waals surface area contributed by atoms with Gasteiger partial charge in [0.05, 0.1) is 0 Å². The summed E-state index contributed by atoms with van der Waals surface area (Å²) in [5.74, 6) is 1.49. The lowest BCUT2D eigenvalue weighted by atomic mass is 9.99. The van der Waals surface area contributed by atoms with Crippen molar-refractivity contribution in [1.82, 2.24) is 0 Å². The van der Waals surface area contributed by atoms with Gasteiger partial charge >= 0.3 is 0 Å². The van der Waals surface area contributed by atoms with Crippen molar-refractivity contribution in [3.8, 4) is 0 Å². The molecule has 0 radical (unpaired) electrons. The highest BCUT2D eigenvalue weighted by atomic mass is 14.0. The molecule has 14 heavy (non-hydrogen) atoms. The minimum Gasteiger partial charge on any atom is -0.0630 e. The topological polar surface area (TPSA) is 0 Å². The second-order valence-corrected chi connectivity index (χ2v) is 4.74. The summed E-state index contributed by atoms with van der Waals surface area (Å²) in [6.45, 7) is 13.1. The summed E-state index contributed by atoms with van der Waals surface area (Å²) >= 11 is 0. The zero-order chi connectivity index (χ0) is 11.1. The molecule has 0 nitrogen and oxygen atoms in total. The Labute approximate surface area is 89.4 Å². The van der Waals surface area contributed by atoms with E-state index in [0.29, 0.717) is 5.92 Å². The number of rotatable bonds is 1. The highest BCUT2D eigenvalue weighted by Crippen LogP contribution is 2.17. The first-order valence-electron chi connectivity index (χ1n) is 5.50. The molecule has 0 saturated heterocycles. The van der Waals surface area contributed by atoms with E-state index in [1.165, 1.54) is 11.1 Å². The SMILES string of the molecule is CC(C)C.Cc1ccccc1C(C)C. The molecule has 0 N–H and O–H groups in total. The van der Waals surface area contributed by atoms with Crippen molar-refractivity contribution in [2.24, 2.45) is 5.92 Å². The maximum absolute atomic E-state index is 2.22. The second kappa shape index (κ2) is 6.64. The van der Waals surface area contributed by atoms with Crippen LogP contribution in [0.15, 0.2) is 24.3 Å².